The van der Waals surface area contributed by atoms with E-state index < -0.39 is 0 Å². The van der Waals surface area contributed by atoms with E-state index in [1.807, 2.05) is 0 Å². The first-order chi connectivity index (χ1) is 10.9. The van der Waals surface area contributed by atoms with Crippen LogP contribution in [0.2, 0.25) is 0 Å². The lowest BCUT2D eigenvalue weighted by molar-refractivity contribution is 0.151. The summed E-state index contributed by atoms with van der Waals surface area (Å²) in [6.45, 7) is 0. The summed E-state index contributed by atoms with van der Waals surface area (Å²) in [5.41, 5.74) is 0. The molecule has 22 heavy (non-hydrogen) atoms. The molecule has 0 aromatic heterocycles. The molecule has 116 valence electrons. The van der Waals surface area contributed by atoms with E-state index in [9.17, 15) is 0 Å². The summed E-state index contributed by atoms with van der Waals surface area (Å²) in [6.07, 6.45) is 9.73. The molecule has 1 saturated carbocycles. The fraction of sp³-hybridized carbons (Fsp3) is 0.500. The van der Waals surface area contributed by atoms with Crippen molar-refractivity contribution in [1.29, 1.82) is 0 Å². The predicted octanol–water partition coefficient (Wildman–Crippen LogP) is 5.32. The fourth-order valence-corrected chi connectivity index (χ4v) is 6.45. The topological polar surface area (TPSA) is 9.23 Å². The second-order valence-corrected chi connectivity index (χ2v) is 8.81. The summed E-state index contributed by atoms with van der Waals surface area (Å²) >= 11 is 0. The first-order valence-electron chi connectivity index (χ1n) is 8.78. The highest BCUT2D eigenvalue weighted by Crippen LogP contribution is 2.38. The van der Waals surface area contributed by atoms with Crippen LogP contribution in [0.25, 0.3) is 10.8 Å². The lowest BCUT2D eigenvalue weighted by Gasteiger charge is -2.24. The highest BCUT2D eigenvalue weighted by atomic mass is 32.2. The molecule has 2 fully saturated rings. The Morgan fingerprint density at radius 2 is 1.59 bits per heavy atom. The zero-order valence-electron chi connectivity index (χ0n) is 13.2. The van der Waals surface area contributed by atoms with Gasteiger partial charge in [0.05, 0.1) is 6.10 Å². The minimum atomic E-state index is 0.394. The molecule has 0 atom stereocenters. The van der Waals surface area contributed by atoms with Crippen LogP contribution in [0.4, 0.5) is 0 Å². The van der Waals surface area contributed by atoms with E-state index in [-0.39, 0.29) is 0 Å². The monoisotopic (exact) mass is 313 g/mol. The van der Waals surface area contributed by atoms with Crippen molar-refractivity contribution in [2.75, 3.05) is 11.5 Å². The maximum atomic E-state index is 6.51. The van der Waals surface area contributed by atoms with Crippen molar-refractivity contribution in [3.05, 3.63) is 36.4 Å². The smallest absolute Gasteiger partial charge is 0.204 e. The van der Waals surface area contributed by atoms with Gasteiger partial charge in [0.15, 0.2) is 5.75 Å². The molecule has 2 aromatic rings. The molecule has 1 nitrogen and oxygen atoms in total. The maximum absolute atomic E-state index is 6.51. The third-order valence-electron chi connectivity index (χ3n) is 5.01. The Bertz CT molecular complexity index is 639. The molecule has 0 spiro atoms. The summed E-state index contributed by atoms with van der Waals surface area (Å²) in [7, 11) is 0.394. The summed E-state index contributed by atoms with van der Waals surface area (Å²) in [6, 6.07) is 13.3. The van der Waals surface area contributed by atoms with Gasteiger partial charge >= 0.3 is 0 Å². The molecule has 0 amide bonds. The molecular weight excluding hydrogens is 288 g/mol. The molecule has 0 bridgehead atoms. The first kappa shape index (κ1) is 14.4. The maximum Gasteiger partial charge on any atom is 0.204 e. The molecule has 1 heterocycles. The van der Waals surface area contributed by atoms with Crippen molar-refractivity contribution in [1.82, 2.24) is 0 Å². The van der Waals surface area contributed by atoms with Crippen LogP contribution in [0, 0.1) is 0 Å². The minimum absolute atomic E-state index is 0.394. The minimum Gasteiger partial charge on any atom is -0.485 e. The Morgan fingerprint density at radius 1 is 0.818 bits per heavy atom. The van der Waals surface area contributed by atoms with Crippen LogP contribution in [0.3, 0.4) is 0 Å². The van der Waals surface area contributed by atoms with Crippen molar-refractivity contribution < 1.29 is 4.74 Å². The molecule has 1 aliphatic carbocycles. The van der Waals surface area contributed by atoms with Crippen molar-refractivity contribution in [3.63, 3.8) is 0 Å². The van der Waals surface area contributed by atoms with E-state index >= 15 is 0 Å². The van der Waals surface area contributed by atoms with Crippen LogP contribution >= 0.6 is 0 Å². The van der Waals surface area contributed by atoms with Gasteiger partial charge in [-0.25, -0.2) is 0 Å². The van der Waals surface area contributed by atoms with Crippen LogP contribution in [-0.2, 0) is 10.9 Å². The first-order valence-corrected chi connectivity index (χ1v) is 10.3. The lowest BCUT2D eigenvalue weighted by Crippen LogP contribution is -2.21. The highest BCUT2D eigenvalue weighted by molar-refractivity contribution is 7.97. The largest absolute Gasteiger partial charge is 0.485 e. The molecule has 0 unspecified atom stereocenters. The van der Waals surface area contributed by atoms with E-state index in [0.29, 0.717) is 17.0 Å². The summed E-state index contributed by atoms with van der Waals surface area (Å²) in [4.78, 5) is 1.53. The Balaban J connectivity index is 1.73. The number of benzene rings is 2. The lowest BCUT2D eigenvalue weighted by atomic mass is 9.98. The zero-order valence-corrected chi connectivity index (χ0v) is 14.0. The third-order valence-corrected chi connectivity index (χ3v) is 7.57. The van der Waals surface area contributed by atoms with Gasteiger partial charge in [-0.3, -0.25) is 0 Å². The number of ether oxygens (including phenoxy) is 1. The number of rotatable bonds is 3. The van der Waals surface area contributed by atoms with Gasteiger partial charge in [-0.1, -0.05) is 30.7 Å². The van der Waals surface area contributed by atoms with Crippen LogP contribution in [0.1, 0.15) is 44.9 Å². The fourth-order valence-electron chi connectivity index (χ4n) is 3.83. The van der Waals surface area contributed by atoms with Gasteiger partial charge in [0.25, 0.3) is 0 Å². The van der Waals surface area contributed by atoms with Crippen LogP contribution in [0.15, 0.2) is 41.3 Å². The van der Waals surface area contributed by atoms with Crippen molar-refractivity contribution in [2.45, 2.75) is 55.9 Å². The predicted molar refractivity (Wildman–Crippen MR) is 96.0 cm³/mol. The quantitative estimate of drug-likeness (QED) is 0.697. The van der Waals surface area contributed by atoms with E-state index in [1.165, 1.54) is 77.9 Å². The average Bonchev–Trinajstić information content (AvgIpc) is 3.10. The van der Waals surface area contributed by atoms with E-state index in [2.05, 4.69) is 36.4 Å². The number of hydrogen-bond acceptors (Lipinski definition) is 1. The van der Waals surface area contributed by atoms with Gasteiger partial charge in [0.2, 0.25) is 4.90 Å². The van der Waals surface area contributed by atoms with Gasteiger partial charge in [-0.15, -0.1) is 0 Å². The van der Waals surface area contributed by atoms with Gasteiger partial charge in [-0.2, -0.15) is 0 Å². The summed E-state index contributed by atoms with van der Waals surface area (Å²) in [5.74, 6) is 3.90. The van der Waals surface area contributed by atoms with E-state index in [1.54, 1.807) is 0 Å². The van der Waals surface area contributed by atoms with Crippen LogP contribution in [0.5, 0.6) is 5.75 Å². The number of fused-ring (bicyclic) bond motifs is 1. The molecule has 2 aromatic carbocycles. The van der Waals surface area contributed by atoms with Crippen LogP contribution < -0.4 is 4.74 Å². The second-order valence-electron chi connectivity index (χ2n) is 6.60. The van der Waals surface area contributed by atoms with Crippen molar-refractivity contribution in [3.8, 4) is 5.75 Å². The van der Waals surface area contributed by atoms with Gasteiger partial charge in [0, 0.05) is 16.3 Å². The van der Waals surface area contributed by atoms with Gasteiger partial charge < -0.3 is 4.74 Å². The van der Waals surface area contributed by atoms with Crippen molar-refractivity contribution >= 4 is 21.7 Å². The Labute approximate surface area is 136 Å². The summed E-state index contributed by atoms with van der Waals surface area (Å²) in [5, 5.41) is 2.80. The van der Waals surface area contributed by atoms with Crippen molar-refractivity contribution in [2.24, 2.45) is 0 Å². The average molecular weight is 313 g/mol. The molecule has 0 radical (unpaired) electrons. The molecular formula is C20H25OS+. The van der Waals surface area contributed by atoms with Gasteiger partial charge in [0.1, 0.15) is 11.5 Å². The Kier molecular flexibility index (Phi) is 4.29. The molecule has 2 heteroatoms. The molecule has 1 aliphatic heterocycles. The Morgan fingerprint density at radius 3 is 2.41 bits per heavy atom. The summed E-state index contributed by atoms with van der Waals surface area (Å²) < 4.78 is 6.51. The molecule has 0 N–H and O–H groups in total. The van der Waals surface area contributed by atoms with Crippen LogP contribution in [-0.4, -0.2) is 17.6 Å². The standard InChI is InChI=1S/C20H25OS/c1-2-9-17(10-3-1)21-19-13-12-16-8-4-5-11-18(16)20(19)22-14-6-7-15-22/h4-5,8,11-13,17H,1-3,6-7,9-10,14-15H2/q+1. The van der Waals surface area contributed by atoms with Gasteiger partial charge in [-0.05, 0) is 56.0 Å². The molecule has 4 rings (SSSR count). The molecule has 2 aliphatic rings. The SMILES string of the molecule is c1ccc2c([S+]3CCCC3)c(OC3CCCCC3)ccc2c1. The number of hydrogen-bond donors (Lipinski definition) is 0. The van der Waals surface area contributed by atoms with E-state index in [0.717, 1.165) is 0 Å². The normalized spacial score (nSPS) is 20.5. The molecule has 1 saturated heterocycles. The Hall–Kier alpha value is -1.15. The van der Waals surface area contributed by atoms with E-state index in [4.69, 9.17) is 4.74 Å². The highest BCUT2D eigenvalue weighted by Gasteiger charge is 2.33. The zero-order chi connectivity index (χ0) is 14.8. The second kappa shape index (κ2) is 6.54. The third kappa shape index (κ3) is 2.86.